The molecule has 0 atom stereocenters. The number of rotatable bonds is 4. The molecule has 0 aromatic heterocycles. The minimum atomic E-state index is -3.22. The van der Waals surface area contributed by atoms with Gasteiger partial charge in [0.05, 0.1) is 5.75 Å². The molecule has 2 saturated heterocycles. The van der Waals surface area contributed by atoms with E-state index in [1.807, 2.05) is 0 Å². The monoisotopic (exact) mass is 260 g/mol. The summed E-state index contributed by atoms with van der Waals surface area (Å²) in [5.41, 5.74) is 0. The Morgan fingerprint density at radius 2 is 1.82 bits per heavy atom. The minimum Gasteiger partial charge on any atom is -0.342 e. The van der Waals surface area contributed by atoms with Crippen molar-refractivity contribution in [1.29, 1.82) is 0 Å². The summed E-state index contributed by atoms with van der Waals surface area (Å²) < 4.78 is 23.6. The first-order valence-corrected chi connectivity index (χ1v) is 8.08. The van der Waals surface area contributed by atoms with Crippen molar-refractivity contribution in [1.82, 2.24) is 10.2 Å². The predicted molar refractivity (Wildman–Crippen MR) is 65.4 cm³/mol. The third-order valence-electron chi connectivity index (χ3n) is 3.41. The summed E-state index contributed by atoms with van der Waals surface area (Å²) in [5.74, 6) is -0.158. The van der Waals surface area contributed by atoms with Gasteiger partial charge in [0.1, 0.15) is 5.75 Å². The van der Waals surface area contributed by atoms with Gasteiger partial charge >= 0.3 is 0 Å². The summed E-state index contributed by atoms with van der Waals surface area (Å²) in [6.45, 7) is 2.97. The van der Waals surface area contributed by atoms with Crippen LogP contribution in [0.4, 0.5) is 0 Å². The molecule has 2 fully saturated rings. The third-order valence-corrected chi connectivity index (χ3v) is 5.07. The number of hydrogen-bond acceptors (Lipinski definition) is 4. The van der Waals surface area contributed by atoms with Crippen molar-refractivity contribution in [3.63, 3.8) is 0 Å². The molecular formula is C11H20N2O3S. The van der Waals surface area contributed by atoms with Gasteiger partial charge in [0.25, 0.3) is 0 Å². The van der Waals surface area contributed by atoms with Crippen LogP contribution in [-0.2, 0) is 14.6 Å². The quantitative estimate of drug-likeness (QED) is 0.749. The average Bonchev–Trinajstić information content (AvgIpc) is 2.24. The van der Waals surface area contributed by atoms with Crippen LogP contribution in [0.2, 0.25) is 0 Å². The Kier molecular flexibility index (Phi) is 4.04. The number of nitrogens with one attached hydrogen (secondary N) is 1. The van der Waals surface area contributed by atoms with Crippen LogP contribution in [0.5, 0.6) is 0 Å². The Morgan fingerprint density at radius 3 is 2.35 bits per heavy atom. The van der Waals surface area contributed by atoms with E-state index in [0.717, 1.165) is 45.4 Å². The molecule has 0 spiro atoms. The van der Waals surface area contributed by atoms with Crippen LogP contribution in [-0.4, -0.2) is 56.9 Å². The lowest BCUT2D eigenvalue weighted by atomic mass is 10.1. The first kappa shape index (κ1) is 12.8. The maximum atomic E-state index is 11.8. The zero-order valence-electron chi connectivity index (χ0n) is 10.0. The molecule has 5 nitrogen and oxygen atoms in total. The summed E-state index contributed by atoms with van der Waals surface area (Å²) in [6, 6.07) is 0. The van der Waals surface area contributed by atoms with E-state index in [-0.39, 0.29) is 23.3 Å². The zero-order chi connectivity index (χ0) is 12.3. The maximum Gasteiger partial charge on any atom is 0.237 e. The van der Waals surface area contributed by atoms with Crippen molar-refractivity contribution in [2.24, 2.45) is 5.92 Å². The highest BCUT2D eigenvalue weighted by molar-refractivity contribution is 7.92. The molecule has 1 amide bonds. The maximum absolute atomic E-state index is 11.8. The highest BCUT2D eigenvalue weighted by Gasteiger charge is 2.28. The molecule has 2 rings (SSSR count). The lowest BCUT2D eigenvalue weighted by Gasteiger charge is -2.28. The van der Waals surface area contributed by atoms with Gasteiger partial charge in [-0.3, -0.25) is 4.79 Å². The summed E-state index contributed by atoms with van der Waals surface area (Å²) in [5, 5.41) is 3.04. The van der Waals surface area contributed by atoms with Crippen LogP contribution in [0.15, 0.2) is 0 Å². The second-order valence-electron chi connectivity index (χ2n) is 5.02. The van der Waals surface area contributed by atoms with E-state index in [1.54, 1.807) is 4.90 Å². The average molecular weight is 260 g/mol. The molecule has 2 heterocycles. The lowest BCUT2D eigenvalue weighted by molar-refractivity contribution is -0.129. The minimum absolute atomic E-state index is 0.152. The Labute approximate surface area is 102 Å². The molecule has 6 heteroatoms. The van der Waals surface area contributed by atoms with Gasteiger partial charge in [0.2, 0.25) is 5.91 Å². The van der Waals surface area contributed by atoms with Crippen molar-refractivity contribution in [2.75, 3.05) is 37.7 Å². The van der Waals surface area contributed by atoms with Gasteiger partial charge in [-0.15, -0.1) is 0 Å². The van der Waals surface area contributed by atoms with Gasteiger partial charge in [-0.2, -0.15) is 0 Å². The van der Waals surface area contributed by atoms with E-state index in [0.29, 0.717) is 0 Å². The molecule has 0 aromatic rings. The van der Waals surface area contributed by atoms with Crippen molar-refractivity contribution in [3.8, 4) is 0 Å². The lowest BCUT2D eigenvalue weighted by Crippen LogP contribution is -2.47. The molecule has 0 bridgehead atoms. The molecule has 2 aliphatic rings. The van der Waals surface area contributed by atoms with E-state index >= 15 is 0 Å². The molecule has 1 N–H and O–H groups in total. The topological polar surface area (TPSA) is 66.5 Å². The Hall–Kier alpha value is -0.620. The fourth-order valence-corrected chi connectivity index (χ4v) is 3.94. The fraction of sp³-hybridized carbons (Fsp3) is 0.909. The number of piperidine rings is 1. The van der Waals surface area contributed by atoms with Crippen molar-refractivity contribution in [3.05, 3.63) is 0 Å². The van der Waals surface area contributed by atoms with Crippen LogP contribution in [0.3, 0.4) is 0 Å². The number of nitrogens with zero attached hydrogens (tertiary/aromatic N) is 1. The molecule has 17 heavy (non-hydrogen) atoms. The number of sulfone groups is 1. The molecule has 0 radical (unpaired) electrons. The summed E-state index contributed by atoms with van der Waals surface area (Å²) >= 11 is 0. The van der Waals surface area contributed by atoms with E-state index in [9.17, 15) is 13.2 Å². The number of likely N-dealkylation sites (tertiary alicyclic amines) is 1. The van der Waals surface area contributed by atoms with E-state index in [2.05, 4.69) is 5.32 Å². The summed E-state index contributed by atoms with van der Waals surface area (Å²) in [7, 11) is -3.22. The highest BCUT2D eigenvalue weighted by Crippen LogP contribution is 2.12. The fourth-order valence-electron chi connectivity index (χ4n) is 2.31. The van der Waals surface area contributed by atoms with Crippen LogP contribution in [0.25, 0.3) is 0 Å². The molecule has 0 saturated carbocycles. The van der Waals surface area contributed by atoms with E-state index in [1.165, 1.54) is 0 Å². The smallest absolute Gasteiger partial charge is 0.237 e. The second-order valence-corrected chi connectivity index (χ2v) is 7.13. The standard InChI is InChI=1S/C11H20N2O3S/c14-11(13-4-2-1-3-5-13)9-17(15,16)8-10-6-12-7-10/h10,12H,1-9H2. The molecule has 0 aromatic carbocycles. The summed E-state index contributed by atoms with van der Waals surface area (Å²) in [6.07, 6.45) is 3.14. The van der Waals surface area contributed by atoms with Gasteiger partial charge in [-0.05, 0) is 25.2 Å². The first-order valence-electron chi connectivity index (χ1n) is 6.26. The number of hydrogen-bond donors (Lipinski definition) is 1. The van der Waals surface area contributed by atoms with Gasteiger partial charge in [0, 0.05) is 26.2 Å². The van der Waals surface area contributed by atoms with Crippen LogP contribution in [0.1, 0.15) is 19.3 Å². The van der Waals surface area contributed by atoms with Crippen molar-refractivity contribution >= 4 is 15.7 Å². The number of carbonyl (C=O) groups is 1. The SMILES string of the molecule is O=C(CS(=O)(=O)CC1CNC1)N1CCCCC1. The van der Waals surface area contributed by atoms with Crippen molar-refractivity contribution in [2.45, 2.75) is 19.3 Å². The van der Waals surface area contributed by atoms with E-state index < -0.39 is 9.84 Å². The van der Waals surface area contributed by atoms with Crippen LogP contribution < -0.4 is 5.32 Å². The molecule has 0 aliphatic carbocycles. The molecular weight excluding hydrogens is 240 g/mol. The molecule has 2 aliphatic heterocycles. The van der Waals surface area contributed by atoms with Gasteiger partial charge in [-0.1, -0.05) is 0 Å². The second kappa shape index (κ2) is 5.35. The normalized spacial score (nSPS) is 22.2. The molecule has 98 valence electrons. The Balaban J connectivity index is 1.83. The largest absolute Gasteiger partial charge is 0.342 e. The van der Waals surface area contributed by atoms with Crippen LogP contribution in [0, 0.1) is 5.92 Å². The third kappa shape index (κ3) is 3.67. The van der Waals surface area contributed by atoms with Gasteiger partial charge in [0.15, 0.2) is 9.84 Å². The highest BCUT2D eigenvalue weighted by atomic mass is 32.2. The molecule has 0 unspecified atom stereocenters. The Bertz CT molecular complexity index is 370. The van der Waals surface area contributed by atoms with Gasteiger partial charge in [-0.25, -0.2) is 8.42 Å². The van der Waals surface area contributed by atoms with E-state index in [4.69, 9.17) is 0 Å². The van der Waals surface area contributed by atoms with Crippen molar-refractivity contribution < 1.29 is 13.2 Å². The predicted octanol–water partition coefficient (Wildman–Crippen LogP) is -0.367. The van der Waals surface area contributed by atoms with Gasteiger partial charge < -0.3 is 10.2 Å². The number of carbonyl (C=O) groups excluding carboxylic acids is 1. The van der Waals surface area contributed by atoms with Crippen LogP contribution >= 0.6 is 0 Å². The Morgan fingerprint density at radius 1 is 1.18 bits per heavy atom. The first-order chi connectivity index (χ1) is 8.07. The summed E-state index contributed by atoms with van der Waals surface area (Å²) in [4.78, 5) is 13.5. The zero-order valence-corrected chi connectivity index (χ0v) is 10.8. The number of amides is 1.